The number of ether oxygens (including phenoxy) is 1. The van der Waals surface area contributed by atoms with Crippen LogP contribution in [0.25, 0.3) is 0 Å². The molecule has 2 rings (SSSR count). The molecule has 5 heteroatoms. The molecule has 2 N–H and O–H groups in total. The van der Waals surface area contributed by atoms with Gasteiger partial charge in [-0.15, -0.1) is 0 Å². The predicted molar refractivity (Wildman–Crippen MR) is 97.2 cm³/mol. The molecule has 1 saturated heterocycles. The Bertz CT molecular complexity index is 470. The molecule has 128 valence electrons. The smallest absolute Gasteiger partial charge is 0.221 e. The maximum Gasteiger partial charge on any atom is 0.221 e. The summed E-state index contributed by atoms with van der Waals surface area (Å²) in [5, 5.41) is 6.40. The van der Waals surface area contributed by atoms with Crippen LogP contribution >= 0.6 is 11.8 Å². The van der Waals surface area contributed by atoms with Gasteiger partial charge >= 0.3 is 0 Å². The summed E-state index contributed by atoms with van der Waals surface area (Å²) in [4.78, 5) is 11.9. The maximum absolute atomic E-state index is 11.9. The zero-order valence-corrected chi connectivity index (χ0v) is 15.0. The van der Waals surface area contributed by atoms with E-state index in [0.29, 0.717) is 24.9 Å². The van der Waals surface area contributed by atoms with Crippen LogP contribution in [0.4, 0.5) is 0 Å². The van der Waals surface area contributed by atoms with Crippen LogP contribution in [0.2, 0.25) is 0 Å². The highest BCUT2D eigenvalue weighted by Gasteiger charge is 2.16. The van der Waals surface area contributed by atoms with Crippen molar-refractivity contribution in [3.05, 3.63) is 29.8 Å². The molecule has 1 unspecified atom stereocenters. The van der Waals surface area contributed by atoms with Gasteiger partial charge in [-0.2, -0.15) is 11.8 Å². The molecule has 0 radical (unpaired) electrons. The highest BCUT2D eigenvalue weighted by molar-refractivity contribution is 7.99. The van der Waals surface area contributed by atoms with Crippen molar-refractivity contribution in [2.45, 2.75) is 32.7 Å². The van der Waals surface area contributed by atoms with E-state index in [0.717, 1.165) is 36.8 Å². The summed E-state index contributed by atoms with van der Waals surface area (Å²) in [6, 6.07) is 8.47. The molecule has 1 aromatic rings. The van der Waals surface area contributed by atoms with Gasteiger partial charge in [-0.3, -0.25) is 4.79 Å². The Hall–Kier alpha value is -1.20. The minimum absolute atomic E-state index is 0.141. The molecule has 23 heavy (non-hydrogen) atoms. The molecule has 1 amide bonds. The molecule has 1 atom stereocenters. The van der Waals surface area contributed by atoms with Crippen molar-refractivity contribution in [2.24, 2.45) is 5.92 Å². The molecule has 0 aliphatic carbocycles. The Labute approximate surface area is 143 Å². The summed E-state index contributed by atoms with van der Waals surface area (Å²) < 4.78 is 5.67. The lowest BCUT2D eigenvalue weighted by Crippen LogP contribution is -2.41. The molecule has 1 heterocycles. The quantitative estimate of drug-likeness (QED) is 0.766. The highest BCUT2D eigenvalue weighted by atomic mass is 32.2. The fourth-order valence-corrected chi connectivity index (χ4v) is 3.36. The van der Waals surface area contributed by atoms with Crippen LogP contribution < -0.4 is 15.4 Å². The van der Waals surface area contributed by atoms with Crippen LogP contribution in [0.1, 0.15) is 25.8 Å². The van der Waals surface area contributed by atoms with Gasteiger partial charge in [-0.05, 0) is 30.0 Å². The number of hydrogen-bond donors (Lipinski definition) is 2. The molecule has 1 aliphatic heterocycles. The molecule has 1 aliphatic rings. The number of benzene rings is 1. The third-order valence-corrected chi connectivity index (χ3v) is 4.80. The molecule has 0 aromatic heterocycles. The summed E-state index contributed by atoms with van der Waals surface area (Å²) >= 11 is 1.92. The van der Waals surface area contributed by atoms with Gasteiger partial charge in [0.1, 0.15) is 5.75 Å². The number of nitrogens with one attached hydrogen (secondary N) is 2. The van der Waals surface area contributed by atoms with Gasteiger partial charge in [-0.25, -0.2) is 0 Å². The van der Waals surface area contributed by atoms with E-state index in [1.165, 1.54) is 5.56 Å². The van der Waals surface area contributed by atoms with Gasteiger partial charge in [-0.1, -0.05) is 26.0 Å². The second kappa shape index (κ2) is 9.83. The van der Waals surface area contributed by atoms with E-state index in [1.54, 1.807) is 0 Å². The summed E-state index contributed by atoms with van der Waals surface area (Å²) in [5.41, 5.74) is 1.22. The van der Waals surface area contributed by atoms with Crippen LogP contribution in [0, 0.1) is 5.92 Å². The average molecular weight is 337 g/mol. The second-order valence-electron chi connectivity index (χ2n) is 6.38. The number of amides is 1. The Balaban J connectivity index is 1.64. The molecule has 0 saturated carbocycles. The third-order valence-electron chi connectivity index (χ3n) is 3.67. The van der Waals surface area contributed by atoms with E-state index in [-0.39, 0.29) is 5.91 Å². The summed E-state index contributed by atoms with van der Waals surface area (Å²) in [6.07, 6.45) is 1.43. The topological polar surface area (TPSA) is 50.4 Å². The monoisotopic (exact) mass is 336 g/mol. The minimum atomic E-state index is 0.141. The van der Waals surface area contributed by atoms with Crippen molar-refractivity contribution in [2.75, 3.05) is 31.2 Å². The van der Waals surface area contributed by atoms with Gasteiger partial charge in [0.25, 0.3) is 0 Å². The van der Waals surface area contributed by atoms with E-state index >= 15 is 0 Å². The Morgan fingerprint density at radius 1 is 1.39 bits per heavy atom. The minimum Gasteiger partial charge on any atom is -0.493 e. The normalized spacial score (nSPS) is 18.0. The van der Waals surface area contributed by atoms with Crippen molar-refractivity contribution < 1.29 is 9.53 Å². The van der Waals surface area contributed by atoms with Crippen molar-refractivity contribution in [3.63, 3.8) is 0 Å². The van der Waals surface area contributed by atoms with Gasteiger partial charge in [0.05, 0.1) is 6.61 Å². The first-order chi connectivity index (χ1) is 11.1. The Kier molecular flexibility index (Phi) is 7.76. The third kappa shape index (κ3) is 7.27. The lowest BCUT2D eigenvalue weighted by Gasteiger charge is -2.22. The first-order valence-corrected chi connectivity index (χ1v) is 9.58. The van der Waals surface area contributed by atoms with E-state index in [1.807, 2.05) is 23.9 Å². The lowest BCUT2D eigenvalue weighted by atomic mass is 10.1. The van der Waals surface area contributed by atoms with Gasteiger partial charge in [0, 0.05) is 37.1 Å². The SMILES string of the molecule is CC(C)COc1ccc(CCNC(=O)CC2CSCCN2)cc1. The van der Waals surface area contributed by atoms with Gasteiger partial charge in [0.2, 0.25) is 5.91 Å². The summed E-state index contributed by atoms with van der Waals surface area (Å²) in [5.74, 6) is 3.76. The number of thioether (sulfide) groups is 1. The maximum atomic E-state index is 11.9. The molecule has 4 nitrogen and oxygen atoms in total. The second-order valence-corrected chi connectivity index (χ2v) is 7.53. The molecular formula is C18H28N2O2S. The number of hydrogen-bond acceptors (Lipinski definition) is 4. The molecular weight excluding hydrogens is 308 g/mol. The number of carbonyl (C=O) groups excluding carboxylic acids is 1. The number of rotatable bonds is 8. The largest absolute Gasteiger partial charge is 0.493 e. The van der Waals surface area contributed by atoms with E-state index in [4.69, 9.17) is 4.74 Å². The van der Waals surface area contributed by atoms with E-state index in [9.17, 15) is 4.79 Å². The van der Waals surface area contributed by atoms with Gasteiger partial charge in [0.15, 0.2) is 0 Å². The zero-order chi connectivity index (χ0) is 16.5. The number of carbonyl (C=O) groups is 1. The summed E-state index contributed by atoms with van der Waals surface area (Å²) in [7, 11) is 0. The first kappa shape index (κ1) is 18.1. The van der Waals surface area contributed by atoms with Gasteiger partial charge < -0.3 is 15.4 Å². The predicted octanol–water partition coefficient (Wildman–Crippen LogP) is 2.48. The van der Waals surface area contributed by atoms with Crippen molar-refractivity contribution in [1.82, 2.24) is 10.6 Å². The van der Waals surface area contributed by atoms with E-state index < -0.39 is 0 Å². The van der Waals surface area contributed by atoms with Crippen LogP contribution in [0.5, 0.6) is 5.75 Å². The molecule has 1 aromatic carbocycles. The highest BCUT2D eigenvalue weighted by Crippen LogP contribution is 2.13. The Morgan fingerprint density at radius 3 is 2.83 bits per heavy atom. The van der Waals surface area contributed by atoms with Crippen LogP contribution in [0.15, 0.2) is 24.3 Å². The molecule has 1 fully saturated rings. The van der Waals surface area contributed by atoms with E-state index in [2.05, 4.69) is 36.6 Å². The van der Waals surface area contributed by atoms with Crippen LogP contribution in [-0.2, 0) is 11.2 Å². The standard InChI is InChI=1S/C18H28N2O2S/c1-14(2)12-22-17-5-3-15(4-6-17)7-8-20-18(21)11-16-13-23-10-9-19-16/h3-6,14,16,19H,7-13H2,1-2H3,(H,20,21). The first-order valence-electron chi connectivity index (χ1n) is 8.43. The van der Waals surface area contributed by atoms with Crippen molar-refractivity contribution in [1.29, 1.82) is 0 Å². The molecule has 0 bridgehead atoms. The van der Waals surface area contributed by atoms with Crippen LogP contribution in [-0.4, -0.2) is 43.2 Å². The fourth-order valence-electron chi connectivity index (χ4n) is 2.41. The zero-order valence-electron chi connectivity index (χ0n) is 14.1. The molecule has 0 spiro atoms. The fraction of sp³-hybridized carbons (Fsp3) is 0.611. The average Bonchev–Trinajstić information content (AvgIpc) is 2.55. The lowest BCUT2D eigenvalue weighted by molar-refractivity contribution is -0.121. The van der Waals surface area contributed by atoms with Crippen molar-refractivity contribution >= 4 is 17.7 Å². The summed E-state index contributed by atoms with van der Waals surface area (Å²) in [6.45, 7) is 6.71. The Morgan fingerprint density at radius 2 is 2.17 bits per heavy atom. The van der Waals surface area contributed by atoms with Crippen molar-refractivity contribution in [3.8, 4) is 5.75 Å². The van der Waals surface area contributed by atoms with Crippen LogP contribution in [0.3, 0.4) is 0 Å².